The van der Waals surface area contributed by atoms with Crippen molar-refractivity contribution in [1.82, 2.24) is 10.6 Å². The molecule has 1 saturated heterocycles. The van der Waals surface area contributed by atoms with Crippen LogP contribution in [0.15, 0.2) is 0 Å². The molecule has 1 fully saturated rings. The fourth-order valence-electron chi connectivity index (χ4n) is 1.48. The minimum atomic E-state index is -4.27. The van der Waals surface area contributed by atoms with Crippen molar-refractivity contribution in [2.45, 2.75) is 25.6 Å². The van der Waals surface area contributed by atoms with Gasteiger partial charge in [-0.3, -0.25) is 10.1 Å². The fraction of sp³-hybridized carbons (Fsp3) is 0.875. The molecule has 14 heavy (non-hydrogen) atoms. The van der Waals surface area contributed by atoms with E-state index >= 15 is 0 Å². The Morgan fingerprint density at radius 1 is 1.57 bits per heavy atom. The van der Waals surface area contributed by atoms with Gasteiger partial charge in [-0.2, -0.15) is 13.2 Å². The Balaban J connectivity index is 2.45. The van der Waals surface area contributed by atoms with Gasteiger partial charge in [0, 0.05) is 6.54 Å². The van der Waals surface area contributed by atoms with E-state index in [1.807, 2.05) is 0 Å². The molecule has 3 nitrogen and oxygen atoms in total. The monoisotopic (exact) mass is 210 g/mol. The van der Waals surface area contributed by atoms with Gasteiger partial charge in [0.15, 0.2) is 0 Å². The molecule has 0 aromatic rings. The van der Waals surface area contributed by atoms with E-state index in [1.165, 1.54) is 0 Å². The first-order chi connectivity index (χ1) is 6.40. The van der Waals surface area contributed by atoms with Crippen LogP contribution in [-0.2, 0) is 4.79 Å². The van der Waals surface area contributed by atoms with E-state index in [0.717, 1.165) is 0 Å². The van der Waals surface area contributed by atoms with Crippen LogP contribution >= 0.6 is 0 Å². The van der Waals surface area contributed by atoms with Gasteiger partial charge in [0.1, 0.15) is 0 Å². The molecule has 0 saturated carbocycles. The maximum atomic E-state index is 11.9. The van der Waals surface area contributed by atoms with Crippen LogP contribution in [0.3, 0.4) is 0 Å². The van der Waals surface area contributed by atoms with E-state index in [4.69, 9.17) is 0 Å². The van der Waals surface area contributed by atoms with Gasteiger partial charge in [-0.15, -0.1) is 0 Å². The summed E-state index contributed by atoms with van der Waals surface area (Å²) in [6.07, 6.45) is -3.56. The molecular formula is C8H13F3N2O. The highest BCUT2D eigenvalue weighted by Crippen LogP contribution is 2.16. The predicted molar refractivity (Wildman–Crippen MR) is 44.6 cm³/mol. The highest BCUT2D eigenvalue weighted by molar-refractivity contribution is 5.82. The second-order valence-electron chi connectivity index (χ2n) is 3.53. The summed E-state index contributed by atoms with van der Waals surface area (Å²) in [5.74, 6) is -0.390. The van der Waals surface area contributed by atoms with Gasteiger partial charge in [-0.05, 0) is 12.3 Å². The number of amides is 1. The number of hydrogen-bond acceptors (Lipinski definition) is 2. The fourth-order valence-corrected chi connectivity index (χ4v) is 1.48. The summed E-state index contributed by atoms with van der Waals surface area (Å²) in [6.45, 7) is 1.20. The van der Waals surface area contributed by atoms with E-state index in [9.17, 15) is 18.0 Å². The second-order valence-corrected chi connectivity index (χ2v) is 3.53. The molecule has 0 aliphatic carbocycles. The number of nitrogens with one attached hydrogen (secondary N) is 2. The number of carbonyl (C=O) groups is 1. The lowest BCUT2D eigenvalue weighted by atomic mass is 9.94. The highest BCUT2D eigenvalue weighted by atomic mass is 19.4. The van der Waals surface area contributed by atoms with Crippen LogP contribution in [0, 0.1) is 5.92 Å². The van der Waals surface area contributed by atoms with Crippen molar-refractivity contribution in [3.63, 3.8) is 0 Å². The molecule has 1 rings (SSSR count). The normalized spacial score (nSPS) is 28.7. The topological polar surface area (TPSA) is 41.1 Å². The molecule has 1 amide bonds. The lowest BCUT2D eigenvalue weighted by molar-refractivity contribution is -0.134. The lowest BCUT2D eigenvalue weighted by Crippen LogP contribution is -2.54. The number of carbonyl (C=O) groups excluding carboxylic acids is 1. The van der Waals surface area contributed by atoms with Crippen molar-refractivity contribution in [1.29, 1.82) is 0 Å². The van der Waals surface area contributed by atoms with Gasteiger partial charge in [0.05, 0.1) is 12.6 Å². The minimum Gasteiger partial charge on any atom is -0.355 e. The Kier molecular flexibility index (Phi) is 3.36. The Labute approximate surface area is 80.0 Å². The van der Waals surface area contributed by atoms with Crippen LogP contribution in [0.25, 0.3) is 0 Å². The lowest BCUT2D eigenvalue weighted by Gasteiger charge is -2.29. The van der Waals surface area contributed by atoms with E-state index in [0.29, 0.717) is 13.0 Å². The molecule has 0 aromatic carbocycles. The zero-order chi connectivity index (χ0) is 10.8. The van der Waals surface area contributed by atoms with Gasteiger partial charge in [-0.25, -0.2) is 0 Å². The summed E-state index contributed by atoms with van der Waals surface area (Å²) < 4.78 is 35.6. The molecule has 0 bridgehead atoms. The molecule has 2 N–H and O–H groups in total. The number of rotatable bonds is 2. The van der Waals surface area contributed by atoms with Crippen molar-refractivity contribution in [2.75, 3.05) is 13.1 Å². The molecule has 0 radical (unpaired) electrons. The Hall–Kier alpha value is -0.780. The van der Waals surface area contributed by atoms with Crippen molar-refractivity contribution in [2.24, 2.45) is 5.92 Å². The largest absolute Gasteiger partial charge is 0.401 e. The van der Waals surface area contributed by atoms with Crippen LogP contribution in [-0.4, -0.2) is 31.2 Å². The number of halogens is 3. The molecule has 1 aliphatic rings. The Bertz CT molecular complexity index is 217. The van der Waals surface area contributed by atoms with Crippen LogP contribution in [0.4, 0.5) is 13.2 Å². The molecule has 0 aromatic heterocycles. The summed E-state index contributed by atoms with van der Waals surface area (Å²) in [6, 6.07) is -0.717. The second kappa shape index (κ2) is 4.16. The SMILES string of the molecule is CC1CCNC(=O)C1NCC(F)(F)F. The zero-order valence-corrected chi connectivity index (χ0v) is 7.82. The van der Waals surface area contributed by atoms with E-state index < -0.39 is 18.8 Å². The van der Waals surface area contributed by atoms with Gasteiger partial charge in [0.25, 0.3) is 0 Å². The van der Waals surface area contributed by atoms with E-state index in [1.54, 1.807) is 6.92 Å². The number of hydrogen-bond donors (Lipinski definition) is 2. The third-order valence-corrected chi connectivity index (χ3v) is 2.27. The number of alkyl halides is 3. The summed E-state index contributed by atoms with van der Waals surface area (Å²) in [5.41, 5.74) is 0. The first-order valence-electron chi connectivity index (χ1n) is 4.48. The molecule has 0 spiro atoms. The Morgan fingerprint density at radius 3 is 2.71 bits per heavy atom. The van der Waals surface area contributed by atoms with E-state index in [-0.39, 0.29) is 11.8 Å². The quantitative estimate of drug-likeness (QED) is 0.703. The average molecular weight is 210 g/mol. The van der Waals surface area contributed by atoms with Gasteiger partial charge in [-0.1, -0.05) is 6.92 Å². The number of piperidine rings is 1. The van der Waals surface area contributed by atoms with Crippen LogP contribution in [0.1, 0.15) is 13.3 Å². The summed E-state index contributed by atoms with van der Waals surface area (Å²) >= 11 is 0. The van der Waals surface area contributed by atoms with Gasteiger partial charge < -0.3 is 5.32 Å². The summed E-state index contributed by atoms with van der Waals surface area (Å²) in [5, 5.41) is 4.75. The standard InChI is InChI=1S/C8H13F3N2O/c1-5-2-3-12-7(14)6(5)13-4-8(9,10)11/h5-6,13H,2-4H2,1H3,(H,12,14). The smallest absolute Gasteiger partial charge is 0.355 e. The molecule has 1 aliphatic heterocycles. The first-order valence-corrected chi connectivity index (χ1v) is 4.48. The summed E-state index contributed by atoms with van der Waals surface area (Å²) in [7, 11) is 0. The van der Waals surface area contributed by atoms with Gasteiger partial charge in [0.2, 0.25) is 5.91 Å². The van der Waals surface area contributed by atoms with Crippen LogP contribution < -0.4 is 10.6 Å². The third-order valence-electron chi connectivity index (χ3n) is 2.27. The van der Waals surface area contributed by atoms with Crippen LogP contribution in [0.2, 0.25) is 0 Å². The highest BCUT2D eigenvalue weighted by Gasteiger charge is 2.33. The Morgan fingerprint density at radius 2 is 2.21 bits per heavy atom. The van der Waals surface area contributed by atoms with Crippen molar-refractivity contribution in [3.05, 3.63) is 0 Å². The molecule has 82 valence electrons. The van der Waals surface area contributed by atoms with Crippen molar-refractivity contribution >= 4 is 5.91 Å². The van der Waals surface area contributed by atoms with E-state index in [2.05, 4.69) is 10.6 Å². The van der Waals surface area contributed by atoms with Crippen LogP contribution in [0.5, 0.6) is 0 Å². The average Bonchev–Trinajstić information content (AvgIpc) is 2.01. The van der Waals surface area contributed by atoms with Crippen molar-refractivity contribution < 1.29 is 18.0 Å². The summed E-state index contributed by atoms with van der Waals surface area (Å²) in [4.78, 5) is 11.2. The molecule has 2 atom stereocenters. The van der Waals surface area contributed by atoms with Crippen molar-refractivity contribution in [3.8, 4) is 0 Å². The predicted octanol–water partition coefficient (Wildman–Crippen LogP) is 0.663. The maximum Gasteiger partial charge on any atom is 0.401 e. The third kappa shape index (κ3) is 3.17. The molecule has 2 unspecified atom stereocenters. The molecule has 1 heterocycles. The first kappa shape index (κ1) is 11.3. The minimum absolute atomic E-state index is 0.0499. The zero-order valence-electron chi connectivity index (χ0n) is 7.82. The maximum absolute atomic E-state index is 11.9. The molecule has 6 heteroatoms. The molecular weight excluding hydrogens is 197 g/mol. The van der Waals surface area contributed by atoms with Gasteiger partial charge >= 0.3 is 6.18 Å².